The number of carbonyl (C=O) groups is 1. The number of benzene rings is 2. The summed E-state index contributed by atoms with van der Waals surface area (Å²) in [6.45, 7) is 0. The summed E-state index contributed by atoms with van der Waals surface area (Å²) in [6.07, 6.45) is 0. The number of para-hydroxylation sites is 1. The molecule has 0 saturated heterocycles. The highest BCUT2D eigenvalue weighted by molar-refractivity contribution is 6.04. The van der Waals surface area contributed by atoms with Gasteiger partial charge >= 0.3 is 0 Å². The number of carbonyl (C=O) groups excluding carboxylic acids is 1. The van der Waals surface area contributed by atoms with Crippen LogP contribution in [0.5, 0.6) is 5.75 Å². The number of aromatic nitrogens is 2. The van der Waals surface area contributed by atoms with Crippen LogP contribution in [0.3, 0.4) is 0 Å². The van der Waals surface area contributed by atoms with E-state index in [4.69, 9.17) is 10.5 Å². The van der Waals surface area contributed by atoms with E-state index in [0.29, 0.717) is 5.75 Å². The second-order valence-electron chi connectivity index (χ2n) is 5.56. The lowest BCUT2D eigenvalue weighted by molar-refractivity contribution is 0.0988. The van der Waals surface area contributed by atoms with Crippen molar-refractivity contribution in [1.29, 1.82) is 0 Å². The van der Waals surface area contributed by atoms with Crippen molar-refractivity contribution in [2.45, 2.75) is 0 Å². The quantitative estimate of drug-likeness (QED) is 0.735. The third kappa shape index (κ3) is 3.89. The number of hydrogen-bond acceptors (Lipinski definition) is 6. The third-order valence-electron chi connectivity index (χ3n) is 3.74. The molecule has 0 aliphatic rings. The predicted molar refractivity (Wildman–Crippen MR) is 102 cm³/mol. The van der Waals surface area contributed by atoms with Crippen molar-refractivity contribution in [3.05, 3.63) is 66.4 Å². The topological polar surface area (TPSA) is 93.4 Å². The van der Waals surface area contributed by atoms with E-state index in [2.05, 4.69) is 15.3 Å². The lowest BCUT2D eigenvalue weighted by Crippen LogP contribution is -2.27. The molecule has 1 heterocycles. The summed E-state index contributed by atoms with van der Waals surface area (Å²) in [4.78, 5) is 22.7. The summed E-state index contributed by atoms with van der Waals surface area (Å²) >= 11 is 0. The van der Waals surface area contributed by atoms with Crippen LogP contribution in [-0.4, -0.2) is 30.0 Å². The molecule has 0 aliphatic heterocycles. The Morgan fingerprint density at radius 1 is 1.08 bits per heavy atom. The smallest absolute Gasteiger partial charge is 0.276 e. The lowest BCUT2D eigenvalue weighted by atomic mass is 10.2. The lowest BCUT2D eigenvalue weighted by Gasteiger charge is -2.17. The van der Waals surface area contributed by atoms with Gasteiger partial charge in [-0.15, -0.1) is 0 Å². The minimum atomic E-state index is -0.279. The number of ether oxygens (including phenoxy) is 1. The molecule has 132 valence electrons. The molecule has 0 atom stereocenters. The van der Waals surface area contributed by atoms with Gasteiger partial charge in [0.05, 0.1) is 7.11 Å². The first kappa shape index (κ1) is 17.2. The molecule has 0 fully saturated rings. The van der Waals surface area contributed by atoms with E-state index in [1.807, 2.05) is 48.5 Å². The Kier molecular flexibility index (Phi) is 4.98. The van der Waals surface area contributed by atoms with E-state index in [-0.39, 0.29) is 23.4 Å². The van der Waals surface area contributed by atoms with Crippen LogP contribution in [0.2, 0.25) is 0 Å². The fraction of sp³-hybridized carbons (Fsp3) is 0.105. The minimum Gasteiger partial charge on any atom is -0.497 e. The van der Waals surface area contributed by atoms with E-state index in [1.165, 1.54) is 11.0 Å². The van der Waals surface area contributed by atoms with Gasteiger partial charge in [0.15, 0.2) is 0 Å². The average molecular weight is 349 g/mol. The van der Waals surface area contributed by atoms with Crippen molar-refractivity contribution in [3.63, 3.8) is 0 Å². The first-order chi connectivity index (χ1) is 12.6. The van der Waals surface area contributed by atoms with Gasteiger partial charge in [-0.25, -0.2) is 4.98 Å². The Hall–Kier alpha value is -3.61. The molecule has 1 aromatic heterocycles. The summed E-state index contributed by atoms with van der Waals surface area (Å²) in [5.41, 5.74) is 7.55. The van der Waals surface area contributed by atoms with Crippen LogP contribution in [0.1, 0.15) is 10.5 Å². The predicted octanol–water partition coefficient (Wildman–Crippen LogP) is 3.09. The van der Waals surface area contributed by atoms with Crippen molar-refractivity contribution in [2.24, 2.45) is 0 Å². The Morgan fingerprint density at radius 3 is 2.58 bits per heavy atom. The van der Waals surface area contributed by atoms with Crippen LogP contribution in [0.4, 0.5) is 23.1 Å². The number of methoxy groups -OCH3 is 1. The number of nitrogens with one attached hydrogen (secondary N) is 1. The van der Waals surface area contributed by atoms with Gasteiger partial charge in [-0.05, 0) is 24.3 Å². The first-order valence-corrected chi connectivity index (χ1v) is 7.95. The van der Waals surface area contributed by atoms with Crippen LogP contribution in [0, 0.1) is 0 Å². The van der Waals surface area contributed by atoms with Crippen molar-refractivity contribution in [3.8, 4) is 5.75 Å². The van der Waals surface area contributed by atoms with Crippen molar-refractivity contribution in [2.75, 3.05) is 30.1 Å². The molecule has 1 amide bonds. The van der Waals surface area contributed by atoms with Crippen LogP contribution >= 0.6 is 0 Å². The van der Waals surface area contributed by atoms with Gasteiger partial charge < -0.3 is 20.7 Å². The molecule has 0 bridgehead atoms. The summed E-state index contributed by atoms with van der Waals surface area (Å²) in [5.74, 6) is 0.858. The number of hydrogen-bond donors (Lipinski definition) is 2. The number of anilines is 4. The Bertz CT molecular complexity index is 915. The normalized spacial score (nSPS) is 10.2. The van der Waals surface area contributed by atoms with Gasteiger partial charge in [0.25, 0.3) is 5.91 Å². The molecule has 0 aliphatic carbocycles. The molecular weight excluding hydrogens is 330 g/mol. The van der Waals surface area contributed by atoms with E-state index in [1.54, 1.807) is 20.2 Å². The van der Waals surface area contributed by atoms with Gasteiger partial charge in [-0.2, -0.15) is 4.98 Å². The zero-order valence-electron chi connectivity index (χ0n) is 14.5. The molecular formula is C19H19N5O2. The molecule has 7 heteroatoms. The van der Waals surface area contributed by atoms with Crippen LogP contribution < -0.4 is 20.7 Å². The molecule has 7 nitrogen and oxygen atoms in total. The number of rotatable bonds is 5. The fourth-order valence-corrected chi connectivity index (χ4v) is 2.40. The standard InChI is InChI=1S/C19H19N5O2/c1-24(14-8-4-3-5-9-14)18(25)16-12-17(20)23-19(22-16)21-13-7-6-10-15(11-13)26-2/h3-12H,1-2H3,(H3,20,21,22,23). The maximum atomic E-state index is 12.7. The van der Waals surface area contributed by atoms with Gasteiger partial charge in [0.1, 0.15) is 17.3 Å². The Balaban J connectivity index is 1.86. The number of amides is 1. The summed E-state index contributed by atoms with van der Waals surface area (Å²) in [7, 11) is 3.28. The van der Waals surface area contributed by atoms with Gasteiger partial charge in [-0.3, -0.25) is 4.79 Å². The Labute approximate surface area is 151 Å². The van der Waals surface area contributed by atoms with Crippen LogP contribution in [0.15, 0.2) is 60.7 Å². The number of nitrogens with two attached hydrogens (primary N) is 1. The number of nitrogen functional groups attached to an aromatic ring is 1. The zero-order chi connectivity index (χ0) is 18.5. The van der Waals surface area contributed by atoms with E-state index in [0.717, 1.165) is 11.4 Å². The summed E-state index contributed by atoms with van der Waals surface area (Å²) < 4.78 is 5.19. The van der Waals surface area contributed by atoms with E-state index >= 15 is 0 Å². The van der Waals surface area contributed by atoms with Crippen molar-refractivity contribution >= 4 is 29.0 Å². The third-order valence-corrected chi connectivity index (χ3v) is 3.74. The maximum absolute atomic E-state index is 12.7. The van der Waals surface area contributed by atoms with E-state index < -0.39 is 0 Å². The largest absolute Gasteiger partial charge is 0.497 e. The highest BCUT2D eigenvalue weighted by Crippen LogP contribution is 2.21. The highest BCUT2D eigenvalue weighted by atomic mass is 16.5. The van der Waals surface area contributed by atoms with Gasteiger partial charge in [0.2, 0.25) is 5.95 Å². The molecule has 0 spiro atoms. The molecule has 26 heavy (non-hydrogen) atoms. The second kappa shape index (κ2) is 7.52. The molecule has 3 N–H and O–H groups in total. The average Bonchev–Trinajstić information content (AvgIpc) is 2.67. The molecule has 0 unspecified atom stereocenters. The van der Waals surface area contributed by atoms with Gasteiger partial charge in [-0.1, -0.05) is 24.3 Å². The summed E-state index contributed by atoms with van der Waals surface area (Å²) in [5, 5.41) is 3.04. The molecule has 0 saturated carbocycles. The van der Waals surface area contributed by atoms with Crippen molar-refractivity contribution in [1.82, 2.24) is 9.97 Å². The SMILES string of the molecule is COc1cccc(Nc2nc(N)cc(C(=O)N(C)c3ccccc3)n2)c1. The summed E-state index contributed by atoms with van der Waals surface area (Å²) in [6, 6.07) is 18.1. The fourth-order valence-electron chi connectivity index (χ4n) is 2.40. The molecule has 0 radical (unpaired) electrons. The number of nitrogens with zero attached hydrogens (tertiary/aromatic N) is 3. The zero-order valence-corrected chi connectivity index (χ0v) is 14.5. The van der Waals surface area contributed by atoms with Crippen LogP contribution in [0.25, 0.3) is 0 Å². The monoisotopic (exact) mass is 349 g/mol. The molecule has 3 aromatic rings. The molecule has 3 rings (SSSR count). The minimum absolute atomic E-state index is 0.203. The maximum Gasteiger partial charge on any atom is 0.276 e. The van der Waals surface area contributed by atoms with Crippen molar-refractivity contribution < 1.29 is 9.53 Å². The first-order valence-electron chi connectivity index (χ1n) is 7.95. The Morgan fingerprint density at radius 2 is 1.85 bits per heavy atom. The van der Waals surface area contributed by atoms with Crippen LogP contribution in [-0.2, 0) is 0 Å². The van der Waals surface area contributed by atoms with E-state index in [9.17, 15) is 4.79 Å². The highest BCUT2D eigenvalue weighted by Gasteiger charge is 2.17. The van der Waals surface area contributed by atoms with Gasteiger partial charge in [0, 0.05) is 30.6 Å². The second-order valence-corrected chi connectivity index (χ2v) is 5.56. The molecule has 2 aromatic carbocycles.